The molecule has 3 spiro atoms. The third-order valence-electron chi connectivity index (χ3n) is 20.0. The lowest BCUT2D eigenvalue weighted by Gasteiger charge is -2.42. The molecule has 0 aliphatic carbocycles. The molecule has 6 aromatic rings. The maximum Gasteiger partial charge on any atom is 0.416 e. The van der Waals surface area contributed by atoms with Crippen molar-refractivity contribution < 1.29 is 105 Å². The van der Waals surface area contributed by atoms with Gasteiger partial charge in [-0.15, -0.1) is 0 Å². The maximum absolute atomic E-state index is 13.4. The zero-order valence-corrected chi connectivity index (χ0v) is 58.2. The predicted octanol–water partition coefficient (Wildman–Crippen LogP) is 13.5. The Morgan fingerprint density at radius 2 is 1.00 bits per heavy atom. The molecule has 9 aliphatic heterocycles. The van der Waals surface area contributed by atoms with Gasteiger partial charge < -0.3 is 65.0 Å². The van der Waals surface area contributed by atoms with Crippen LogP contribution in [-0.2, 0) is 76.7 Å². The molecule has 0 atom stereocenters. The van der Waals surface area contributed by atoms with Crippen molar-refractivity contribution in [2.75, 3.05) is 96.5 Å². The van der Waals surface area contributed by atoms with Crippen LogP contribution in [0.3, 0.4) is 0 Å². The van der Waals surface area contributed by atoms with Crippen molar-refractivity contribution in [2.24, 2.45) is 0 Å². The molecule has 0 bridgehead atoms. The molecule has 22 nitrogen and oxygen atoms in total. The second-order valence-electron chi connectivity index (χ2n) is 27.3. The third kappa shape index (κ3) is 17.2. The van der Waals surface area contributed by atoms with Gasteiger partial charge in [0.05, 0.1) is 80.1 Å². The number of β-amino-alcohol motifs (C(OH)–C–C–N with tert-alkyl or cyclic N) is 1. The summed E-state index contributed by atoms with van der Waals surface area (Å²) in [5.41, 5.74) is 3.97. The molecule has 32 heteroatoms. The van der Waals surface area contributed by atoms with Crippen LogP contribution < -0.4 is 50.4 Å². The zero-order valence-electron chi connectivity index (χ0n) is 57.4. The first-order valence-electron chi connectivity index (χ1n) is 34.4. The molecule has 15 rings (SSSR count). The quantitative estimate of drug-likeness (QED) is 0.0552. The fourth-order valence-corrected chi connectivity index (χ4v) is 15.6. The molecule has 566 valence electrons. The Hall–Kier alpha value is -10.2. The van der Waals surface area contributed by atoms with Crippen molar-refractivity contribution in [3.8, 4) is 17.2 Å². The van der Waals surface area contributed by atoms with Crippen molar-refractivity contribution >= 4 is 90.7 Å². The van der Waals surface area contributed by atoms with E-state index in [9.17, 15) is 77.0 Å². The van der Waals surface area contributed by atoms with Gasteiger partial charge in [-0.05, 0) is 107 Å². The highest BCUT2D eigenvalue weighted by Gasteiger charge is 2.46. The molecule has 0 unspecified atom stereocenters. The Balaban J connectivity index is 0.000000142. The van der Waals surface area contributed by atoms with Gasteiger partial charge in [-0.2, -0.15) is 39.5 Å². The normalized spacial score (nSPS) is 20.3. The van der Waals surface area contributed by atoms with E-state index in [4.69, 9.17) is 28.4 Å². The van der Waals surface area contributed by atoms with Crippen molar-refractivity contribution in [1.82, 2.24) is 10.2 Å². The number of hydrogen-bond acceptors (Lipinski definition) is 14. The second-order valence-corrected chi connectivity index (χ2v) is 29.2. The smallest absolute Gasteiger partial charge is 0.416 e. The van der Waals surface area contributed by atoms with E-state index in [1.165, 1.54) is 46.2 Å². The monoisotopic (exact) mass is 1510 g/mol. The lowest BCUT2D eigenvalue weighted by Crippen LogP contribution is -2.46. The van der Waals surface area contributed by atoms with Gasteiger partial charge in [0.1, 0.15) is 34.1 Å². The number of rotatable bonds is 8. The summed E-state index contributed by atoms with van der Waals surface area (Å²) in [5.74, 6) is -1.03. The van der Waals surface area contributed by atoms with Crippen LogP contribution in [0.5, 0.6) is 17.2 Å². The summed E-state index contributed by atoms with van der Waals surface area (Å²) in [5, 5.41) is 22.9. The number of nitrogens with one attached hydrogen (secondary N) is 6. The number of hydrogen-bond donors (Lipinski definition) is 7. The van der Waals surface area contributed by atoms with E-state index < -0.39 is 79.8 Å². The number of carbonyl (C=O) groups excluding carboxylic acids is 5. The Bertz CT molecular complexity index is 4720. The maximum atomic E-state index is 13.4. The number of aliphatic hydroxyl groups excluding tert-OH is 1. The lowest BCUT2D eigenvalue weighted by molar-refractivity contribution is -0.138. The Kier molecular flexibility index (Phi) is 21.0. The van der Waals surface area contributed by atoms with Gasteiger partial charge in [0, 0.05) is 148 Å². The number of halogens is 9. The summed E-state index contributed by atoms with van der Waals surface area (Å²) in [4.78, 5) is 66.1. The first-order valence-corrected chi connectivity index (χ1v) is 36.0. The van der Waals surface area contributed by atoms with Gasteiger partial charge in [-0.1, -0.05) is 36.4 Å². The fourth-order valence-electron chi connectivity index (χ4n) is 14.5. The number of amides is 7. The summed E-state index contributed by atoms with van der Waals surface area (Å²) in [6.45, 7) is 3.22. The summed E-state index contributed by atoms with van der Waals surface area (Å²) < 4.78 is 181. The first-order chi connectivity index (χ1) is 50.8. The van der Waals surface area contributed by atoms with E-state index >= 15 is 0 Å². The summed E-state index contributed by atoms with van der Waals surface area (Å²) in [7, 11) is -1.78. The van der Waals surface area contributed by atoms with Crippen LogP contribution in [0.2, 0.25) is 0 Å². The van der Waals surface area contributed by atoms with Crippen molar-refractivity contribution in [3.63, 3.8) is 0 Å². The average molecular weight is 1510 g/mol. The molecule has 3 fully saturated rings. The fraction of sp³-hybridized carbons (Fsp3) is 0.373. The van der Waals surface area contributed by atoms with Crippen LogP contribution in [0.25, 0.3) is 16.7 Å². The van der Waals surface area contributed by atoms with Gasteiger partial charge >= 0.3 is 30.6 Å². The molecule has 7 N–H and O–H groups in total. The van der Waals surface area contributed by atoms with Gasteiger partial charge in [0.25, 0.3) is 0 Å². The number of nitrogens with zero attached hydrogens (tertiary/aromatic N) is 2. The largest absolute Gasteiger partial charge is 0.486 e. The Labute approximate surface area is 607 Å². The molecule has 7 amide bonds. The third-order valence-corrected chi connectivity index (χ3v) is 21.3. The number of aryl methyl sites for hydroxylation is 1. The highest BCUT2D eigenvalue weighted by molar-refractivity contribution is 7.92. The molecule has 0 aromatic heterocycles. The Morgan fingerprint density at radius 3 is 1.45 bits per heavy atom. The molecule has 9 aliphatic rings. The van der Waals surface area contributed by atoms with Crippen LogP contribution in [-0.4, -0.2) is 131 Å². The number of urea groups is 2. The van der Waals surface area contributed by atoms with Crippen molar-refractivity contribution in [2.45, 2.75) is 113 Å². The highest BCUT2D eigenvalue weighted by atomic mass is 32.2. The molecular formula is C75H73F9N8O14S. The summed E-state index contributed by atoms with van der Waals surface area (Å²) in [6, 6.07) is 24.8. The van der Waals surface area contributed by atoms with Crippen molar-refractivity contribution in [1.29, 1.82) is 0 Å². The molecule has 9 heterocycles. The molecule has 107 heavy (non-hydrogen) atoms. The minimum atomic E-state index is -4.52. The van der Waals surface area contributed by atoms with Gasteiger partial charge in [-0.3, -0.25) is 24.0 Å². The van der Waals surface area contributed by atoms with E-state index in [0.29, 0.717) is 178 Å². The summed E-state index contributed by atoms with van der Waals surface area (Å²) in [6.07, 6.45) is -4.86. The number of alkyl halides is 9. The van der Waals surface area contributed by atoms with Gasteiger partial charge in [0.2, 0.25) is 27.7 Å². The topological polar surface area (TPSA) is 274 Å². The Morgan fingerprint density at radius 1 is 0.561 bits per heavy atom. The van der Waals surface area contributed by atoms with E-state index in [2.05, 4.69) is 31.3 Å². The van der Waals surface area contributed by atoms with Gasteiger partial charge in [-0.25, -0.2) is 18.0 Å². The van der Waals surface area contributed by atoms with Crippen LogP contribution >= 0.6 is 0 Å². The zero-order chi connectivity index (χ0) is 75.8. The molecule has 0 saturated carbocycles. The van der Waals surface area contributed by atoms with Gasteiger partial charge in [0.15, 0.2) is 0 Å². The number of aliphatic hydroxyl groups is 1. The number of fused-ring (bicyclic) bond motifs is 6. The van der Waals surface area contributed by atoms with Crippen LogP contribution in [0.15, 0.2) is 127 Å². The molecular weight excluding hydrogens is 1440 g/mol. The molecule has 3 saturated heterocycles. The minimum absolute atomic E-state index is 0.00211. The van der Waals surface area contributed by atoms with E-state index in [0.717, 1.165) is 53.1 Å². The minimum Gasteiger partial charge on any atom is -0.486 e. The standard InChI is InChI=1S/C27H28F3N3O5.C24H22F3N3O4.C24H23F3N2O5S/c1-32-22-14-20(4-2-17(22)16-33(8-9-34)25(32)36)31-24(35)12-18-15-26(6-10-37-11-7-26)38-23-13-19(27(28,29)30)3-5-21(18)23;25-24(26,27)15-4-5-16-14(12-23(34-20(16)11-15)6-8-33-9-7-23)10-21(31)29-18-2-1-3-19-17(18)13-28-22(32)30-19;25-24(26,27)17-2-4-19-16(14-23(34-21(19)12-17)6-8-33-9-7-23)11-22(30)28-18-3-1-15-5-10-35(31,32)29-20(15)13-18/h2-5,12-14,34H,6-11,15-16H2,1H3,(H,31,35);1-5,10-11H,6-9,12-13H2,(H,29,31)(H2,28,30,32);1-4,11-13,29H,5-10,14H2,(H,28,30)/b18-12+;14-10+;16-11+. The second kappa shape index (κ2) is 29.9. The number of sulfonamides is 1. The SMILES string of the molecule is CN1C(=O)N(CCO)Cc2ccc(NC(=O)/C=C3\CC4(CCOCC4)Oc4cc(C(F)(F)F)ccc43)cc21.O=C(/C=C1\CC2(CCOCC2)Oc2cc(C(F)(F)F)ccc21)Nc1ccc2c(c1)NS(=O)(=O)CC2.O=C(/C=C1\CC2(CCOCC2)Oc2cc(C(F)(F)F)ccc21)Nc1cccc2c1CNC(=O)N2. The lowest BCUT2D eigenvalue weighted by atomic mass is 9.81. The van der Waals surface area contributed by atoms with E-state index in [1.54, 1.807) is 55.6 Å². The van der Waals surface area contributed by atoms with E-state index in [-0.39, 0.29) is 54.8 Å². The highest BCUT2D eigenvalue weighted by Crippen LogP contribution is 2.51. The number of ether oxygens (including phenoxy) is 6. The van der Waals surface area contributed by atoms with Crippen LogP contribution in [0.4, 0.5) is 83.2 Å². The first kappa shape index (κ1) is 75.1. The van der Waals surface area contributed by atoms with Crippen LogP contribution in [0.1, 0.15) is 108 Å². The van der Waals surface area contributed by atoms with E-state index in [1.807, 2.05) is 6.07 Å². The average Bonchev–Trinajstić information content (AvgIpc) is 0.768. The predicted molar refractivity (Wildman–Crippen MR) is 376 cm³/mol. The molecule has 6 aromatic carbocycles. The number of anilines is 6. The number of benzene rings is 6. The number of carbonyl (C=O) groups is 5. The molecule has 0 radical (unpaired) electrons. The summed E-state index contributed by atoms with van der Waals surface area (Å²) >= 11 is 0. The van der Waals surface area contributed by atoms with Crippen LogP contribution in [0, 0.1) is 0 Å². The van der Waals surface area contributed by atoms with Crippen molar-refractivity contribution in [3.05, 3.63) is 177 Å².